The van der Waals surface area contributed by atoms with Crippen LogP contribution >= 0.6 is 12.2 Å². The zero-order chi connectivity index (χ0) is 21.4. The quantitative estimate of drug-likeness (QED) is 0.596. The predicted octanol–water partition coefficient (Wildman–Crippen LogP) is 4.88. The molecule has 6 heteroatoms. The smallest absolute Gasteiger partial charge is 0.170 e. The van der Waals surface area contributed by atoms with Gasteiger partial charge in [-0.3, -0.25) is 4.98 Å². The molecule has 2 aromatic heterocycles. The number of benzene rings is 1. The van der Waals surface area contributed by atoms with Crippen LogP contribution in [0.15, 0.2) is 54.7 Å². The molecule has 4 rings (SSSR count). The molecule has 1 aliphatic heterocycles. The highest BCUT2D eigenvalue weighted by molar-refractivity contribution is 7.80. The maximum Gasteiger partial charge on any atom is 0.170 e. The van der Waals surface area contributed by atoms with Crippen molar-refractivity contribution in [1.29, 1.82) is 0 Å². The fraction of sp³-hybridized carbons (Fsp3) is 0.333. The summed E-state index contributed by atoms with van der Waals surface area (Å²) in [6, 6.07) is 16.8. The number of aryl methyl sites for hydroxylation is 1. The lowest BCUT2D eigenvalue weighted by Gasteiger charge is -2.31. The lowest BCUT2D eigenvalue weighted by Crippen LogP contribution is -2.35. The van der Waals surface area contributed by atoms with Gasteiger partial charge in [0.1, 0.15) is 5.75 Å². The molecular formula is C24H28N4OS. The number of pyridine rings is 1. The van der Waals surface area contributed by atoms with E-state index in [1.807, 2.05) is 30.5 Å². The third-order valence-electron chi connectivity index (χ3n) is 5.79. The summed E-state index contributed by atoms with van der Waals surface area (Å²) in [6.07, 6.45) is 1.84. The van der Waals surface area contributed by atoms with E-state index in [-0.39, 0.29) is 18.1 Å². The van der Waals surface area contributed by atoms with Gasteiger partial charge in [-0.1, -0.05) is 12.1 Å². The summed E-state index contributed by atoms with van der Waals surface area (Å²) >= 11 is 5.74. The first kappa shape index (κ1) is 20.4. The van der Waals surface area contributed by atoms with Crippen molar-refractivity contribution in [3.05, 3.63) is 77.4 Å². The number of methoxy groups -OCH3 is 1. The van der Waals surface area contributed by atoms with Crippen LogP contribution in [0, 0.1) is 13.8 Å². The molecule has 1 saturated heterocycles. The van der Waals surface area contributed by atoms with Gasteiger partial charge in [-0.15, -0.1) is 0 Å². The molecule has 2 atom stereocenters. The molecule has 30 heavy (non-hydrogen) atoms. The van der Waals surface area contributed by atoms with Crippen LogP contribution in [-0.4, -0.2) is 32.7 Å². The van der Waals surface area contributed by atoms with E-state index in [0.29, 0.717) is 0 Å². The number of nitrogens with zero attached hydrogens (tertiary/aromatic N) is 3. The molecular weight excluding hydrogens is 392 g/mol. The molecule has 3 heterocycles. The minimum atomic E-state index is 0.000333. The van der Waals surface area contributed by atoms with Crippen molar-refractivity contribution in [2.75, 3.05) is 7.11 Å². The summed E-state index contributed by atoms with van der Waals surface area (Å²) in [6.45, 7) is 8.69. The van der Waals surface area contributed by atoms with Crippen LogP contribution < -0.4 is 10.1 Å². The fourth-order valence-corrected chi connectivity index (χ4v) is 4.94. The Morgan fingerprint density at radius 1 is 1.10 bits per heavy atom. The standard InChI is InChI=1S/C24H28N4OS/c1-15(2)27-23(22(26-24(27)30)21-11-6-7-12-25-21)20-13-16(3)28(17(20)4)18-9-8-10-19(14-18)29-5/h6-15,22-23H,1-5H3,(H,26,30)/t22-,23+/m0/s1. The summed E-state index contributed by atoms with van der Waals surface area (Å²) in [7, 11) is 1.70. The molecule has 0 bridgehead atoms. The summed E-state index contributed by atoms with van der Waals surface area (Å²) < 4.78 is 7.73. The number of aromatic nitrogens is 2. The lowest BCUT2D eigenvalue weighted by molar-refractivity contribution is 0.269. The number of hydrogen-bond donors (Lipinski definition) is 1. The first-order valence-corrected chi connectivity index (χ1v) is 10.7. The predicted molar refractivity (Wildman–Crippen MR) is 124 cm³/mol. The van der Waals surface area contributed by atoms with Gasteiger partial charge in [0.05, 0.1) is 24.9 Å². The molecule has 1 N–H and O–H groups in total. The molecule has 0 amide bonds. The largest absolute Gasteiger partial charge is 0.497 e. The Labute approximate surface area is 183 Å². The molecule has 0 unspecified atom stereocenters. The number of hydrogen-bond acceptors (Lipinski definition) is 3. The highest BCUT2D eigenvalue weighted by Crippen LogP contribution is 2.42. The molecule has 1 fully saturated rings. The van der Waals surface area contributed by atoms with E-state index in [4.69, 9.17) is 17.0 Å². The van der Waals surface area contributed by atoms with Crippen LogP contribution in [0.1, 0.15) is 48.6 Å². The summed E-state index contributed by atoms with van der Waals surface area (Å²) in [4.78, 5) is 6.93. The Morgan fingerprint density at radius 3 is 2.57 bits per heavy atom. The normalized spacial score (nSPS) is 18.7. The van der Waals surface area contributed by atoms with Gasteiger partial charge >= 0.3 is 0 Å². The minimum Gasteiger partial charge on any atom is -0.497 e. The molecule has 0 spiro atoms. The first-order chi connectivity index (χ1) is 14.4. The Kier molecular flexibility index (Phi) is 5.52. The van der Waals surface area contributed by atoms with Crippen molar-refractivity contribution in [3.8, 4) is 11.4 Å². The summed E-state index contributed by atoms with van der Waals surface area (Å²) in [5.74, 6) is 0.848. The number of nitrogens with one attached hydrogen (secondary N) is 1. The van der Waals surface area contributed by atoms with Crippen LogP contribution in [0.25, 0.3) is 5.69 Å². The van der Waals surface area contributed by atoms with Crippen molar-refractivity contribution in [3.63, 3.8) is 0 Å². The van der Waals surface area contributed by atoms with Gasteiger partial charge < -0.3 is 19.5 Å². The Bertz CT molecular complexity index is 1060. The van der Waals surface area contributed by atoms with E-state index >= 15 is 0 Å². The molecule has 1 aliphatic rings. The van der Waals surface area contributed by atoms with Gasteiger partial charge in [0.25, 0.3) is 0 Å². The third kappa shape index (κ3) is 3.45. The molecule has 3 aromatic rings. The van der Waals surface area contributed by atoms with Gasteiger partial charge in [0.15, 0.2) is 5.11 Å². The van der Waals surface area contributed by atoms with E-state index in [1.54, 1.807) is 7.11 Å². The second kappa shape index (κ2) is 8.11. The maximum absolute atomic E-state index is 5.74. The number of ether oxygens (including phenoxy) is 1. The number of rotatable bonds is 5. The van der Waals surface area contributed by atoms with E-state index in [1.165, 1.54) is 17.0 Å². The second-order valence-electron chi connectivity index (χ2n) is 7.99. The van der Waals surface area contributed by atoms with Crippen LogP contribution in [0.2, 0.25) is 0 Å². The number of thiocarbonyl (C=S) groups is 1. The second-order valence-corrected chi connectivity index (χ2v) is 8.38. The fourth-order valence-electron chi connectivity index (χ4n) is 4.49. The first-order valence-electron chi connectivity index (χ1n) is 10.3. The van der Waals surface area contributed by atoms with Crippen molar-refractivity contribution in [2.24, 2.45) is 0 Å². The Hall–Kier alpha value is -2.86. The molecule has 156 valence electrons. The van der Waals surface area contributed by atoms with Gasteiger partial charge in [-0.2, -0.15) is 0 Å². The van der Waals surface area contributed by atoms with Crippen molar-refractivity contribution >= 4 is 17.3 Å². The topological polar surface area (TPSA) is 42.3 Å². The van der Waals surface area contributed by atoms with Crippen molar-refractivity contribution in [1.82, 2.24) is 19.8 Å². The SMILES string of the molecule is COc1cccc(-n2c(C)cc([C@@H]3[C@H](c4ccccn4)NC(=S)N3C(C)C)c2C)c1. The highest BCUT2D eigenvalue weighted by atomic mass is 32.1. The van der Waals surface area contributed by atoms with Crippen molar-refractivity contribution < 1.29 is 4.74 Å². The minimum absolute atomic E-state index is 0.000333. The van der Waals surface area contributed by atoms with E-state index < -0.39 is 0 Å². The van der Waals surface area contributed by atoms with Gasteiger partial charge in [-0.25, -0.2) is 0 Å². The zero-order valence-corrected chi connectivity index (χ0v) is 18.9. The van der Waals surface area contributed by atoms with Crippen molar-refractivity contribution in [2.45, 2.75) is 45.8 Å². The van der Waals surface area contributed by atoms with Gasteiger partial charge in [-0.05, 0) is 75.8 Å². The van der Waals surface area contributed by atoms with Crippen LogP contribution in [0.3, 0.4) is 0 Å². The Morgan fingerprint density at radius 2 is 1.90 bits per heavy atom. The van der Waals surface area contributed by atoms with Gasteiger partial charge in [0, 0.05) is 35.4 Å². The highest BCUT2D eigenvalue weighted by Gasteiger charge is 2.42. The molecule has 0 saturated carbocycles. The molecule has 0 aliphatic carbocycles. The van der Waals surface area contributed by atoms with Gasteiger partial charge in [0.2, 0.25) is 0 Å². The average molecular weight is 421 g/mol. The molecule has 1 aromatic carbocycles. The maximum atomic E-state index is 5.74. The van der Waals surface area contributed by atoms with Crippen LogP contribution in [0.5, 0.6) is 5.75 Å². The molecule has 5 nitrogen and oxygen atoms in total. The zero-order valence-electron chi connectivity index (χ0n) is 18.1. The summed E-state index contributed by atoms with van der Waals surface area (Å²) in [5, 5.41) is 4.30. The van der Waals surface area contributed by atoms with Crippen LogP contribution in [-0.2, 0) is 0 Å². The van der Waals surface area contributed by atoms with E-state index in [9.17, 15) is 0 Å². The van der Waals surface area contributed by atoms with E-state index in [2.05, 4.69) is 71.7 Å². The Balaban J connectivity index is 1.85. The average Bonchev–Trinajstić information content (AvgIpc) is 3.24. The van der Waals surface area contributed by atoms with E-state index in [0.717, 1.165) is 22.2 Å². The van der Waals surface area contributed by atoms with Crippen LogP contribution in [0.4, 0.5) is 0 Å². The monoisotopic (exact) mass is 420 g/mol. The molecule has 0 radical (unpaired) electrons. The third-order valence-corrected chi connectivity index (χ3v) is 6.12. The lowest BCUT2D eigenvalue weighted by atomic mass is 9.96. The summed E-state index contributed by atoms with van der Waals surface area (Å²) in [5.41, 5.74) is 5.72.